The molecule has 0 atom stereocenters. The van der Waals surface area contributed by atoms with Crippen LogP contribution in [-0.4, -0.2) is 4.57 Å². The zero-order valence-corrected chi connectivity index (χ0v) is 11.2. The van der Waals surface area contributed by atoms with Crippen LogP contribution in [0.4, 0.5) is 0 Å². The topological polar surface area (TPSA) is 52.2 Å². The number of benzene rings is 2. The first-order chi connectivity index (χ1) is 9.56. The molecule has 0 aliphatic carbocycles. The lowest BCUT2D eigenvalue weighted by atomic mass is 10.1. The van der Waals surface area contributed by atoms with Crippen molar-refractivity contribution in [1.29, 1.82) is 0 Å². The molecule has 0 N–H and O–H groups in total. The maximum absolute atomic E-state index is 12.1. The van der Waals surface area contributed by atoms with Gasteiger partial charge in [-0.3, -0.25) is 0 Å². The van der Waals surface area contributed by atoms with Gasteiger partial charge in [-0.2, -0.15) is 0 Å². The van der Waals surface area contributed by atoms with Gasteiger partial charge < -0.3 is 4.42 Å². The SMILES string of the molecule is Cc1cc(C)cc(-n2c(=O)oc(=O)c3ccccc32)c1. The highest BCUT2D eigenvalue weighted by atomic mass is 16.4. The third kappa shape index (κ3) is 1.95. The second-order valence-electron chi connectivity index (χ2n) is 4.85. The first kappa shape index (κ1) is 12.4. The molecule has 0 spiro atoms. The molecule has 0 amide bonds. The van der Waals surface area contributed by atoms with Crippen molar-refractivity contribution in [2.75, 3.05) is 0 Å². The second-order valence-corrected chi connectivity index (χ2v) is 4.85. The largest absolute Gasteiger partial charge is 0.426 e. The maximum atomic E-state index is 12.1. The summed E-state index contributed by atoms with van der Waals surface area (Å²) >= 11 is 0. The molecule has 4 nitrogen and oxygen atoms in total. The predicted octanol–water partition coefficient (Wildman–Crippen LogP) is 2.56. The van der Waals surface area contributed by atoms with E-state index in [4.69, 9.17) is 4.42 Å². The Morgan fingerprint density at radius 3 is 2.30 bits per heavy atom. The van der Waals surface area contributed by atoms with Gasteiger partial charge in [-0.1, -0.05) is 18.2 Å². The smallest absolute Gasteiger partial charge is 0.372 e. The zero-order valence-electron chi connectivity index (χ0n) is 11.2. The highest BCUT2D eigenvalue weighted by molar-refractivity contribution is 5.79. The molecule has 0 saturated heterocycles. The van der Waals surface area contributed by atoms with Gasteiger partial charge in [-0.25, -0.2) is 14.2 Å². The fourth-order valence-corrected chi connectivity index (χ4v) is 2.44. The highest BCUT2D eigenvalue weighted by Crippen LogP contribution is 2.16. The van der Waals surface area contributed by atoms with Gasteiger partial charge in [0.25, 0.3) is 0 Å². The molecule has 3 rings (SSSR count). The predicted molar refractivity (Wildman–Crippen MR) is 77.6 cm³/mol. The average Bonchev–Trinajstić information content (AvgIpc) is 2.37. The number of hydrogen-bond donors (Lipinski definition) is 0. The van der Waals surface area contributed by atoms with E-state index in [2.05, 4.69) is 0 Å². The third-order valence-corrected chi connectivity index (χ3v) is 3.19. The number of para-hydroxylation sites is 1. The van der Waals surface area contributed by atoms with E-state index in [0.29, 0.717) is 16.6 Å². The number of fused-ring (bicyclic) bond motifs is 1. The number of aryl methyl sites for hydroxylation is 2. The van der Waals surface area contributed by atoms with Gasteiger partial charge in [0.2, 0.25) is 0 Å². The Hall–Kier alpha value is -2.62. The van der Waals surface area contributed by atoms with Crippen LogP contribution < -0.4 is 11.4 Å². The molecule has 0 saturated carbocycles. The minimum absolute atomic E-state index is 0.395. The molecule has 20 heavy (non-hydrogen) atoms. The van der Waals surface area contributed by atoms with Crippen molar-refractivity contribution in [3.05, 3.63) is 74.6 Å². The molecule has 0 unspecified atom stereocenters. The first-order valence-electron chi connectivity index (χ1n) is 6.30. The molecule has 1 heterocycles. The molecule has 0 fully saturated rings. The van der Waals surface area contributed by atoms with E-state index in [9.17, 15) is 9.59 Å². The Bertz CT molecular complexity index is 899. The Balaban J connectivity index is 2.48. The Labute approximate surface area is 114 Å². The first-order valence-corrected chi connectivity index (χ1v) is 6.30. The van der Waals surface area contributed by atoms with Crippen molar-refractivity contribution < 1.29 is 4.42 Å². The van der Waals surface area contributed by atoms with Crippen molar-refractivity contribution in [2.45, 2.75) is 13.8 Å². The van der Waals surface area contributed by atoms with E-state index in [-0.39, 0.29) is 0 Å². The summed E-state index contributed by atoms with van der Waals surface area (Å²) in [6.45, 7) is 3.92. The lowest BCUT2D eigenvalue weighted by molar-refractivity contribution is 0.444. The van der Waals surface area contributed by atoms with E-state index in [0.717, 1.165) is 11.1 Å². The summed E-state index contributed by atoms with van der Waals surface area (Å²) in [5.74, 6) is -0.668. The van der Waals surface area contributed by atoms with Crippen LogP contribution in [0.1, 0.15) is 11.1 Å². The van der Waals surface area contributed by atoms with E-state index in [1.54, 1.807) is 24.3 Å². The standard InChI is InChI=1S/C16H13NO3/c1-10-7-11(2)9-12(8-10)17-14-6-4-3-5-13(14)15(18)20-16(17)19/h3-9H,1-2H3. The molecule has 0 radical (unpaired) electrons. The summed E-state index contributed by atoms with van der Waals surface area (Å²) in [5, 5.41) is 0.395. The van der Waals surface area contributed by atoms with Gasteiger partial charge in [0.05, 0.1) is 16.6 Å². The summed E-state index contributed by atoms with van der Waals surface area (Å²) < 4.78 is 6.23. The van der Waals surface area contributed by atoms with E-state index >= 15 is 0 Å². The molecular weight excluding hydrogens is 254 g/mol. The van der Waals surface area contributed by atoms with Crippen LogP contribution in [-0.2, 0) is 0 Å². The van der Waals surface area contributed by atoms with E-state index in [1.807, 2.05) is 32.0 Å². The monoisotopic (exact) mass is 267 g/mol. The van der Waals surface area contributed by atoms with Crippen LogP contribution in [0, 0.1) is 13.8 Å². The molecule has 3 aromatic rings. The molecule has 100 valence electrons. The minimum atomic E-state index is -0.668. The summed E-state index contributed by atoms with van der Waals surface area (Å²) in [6, 6.07) is 12.7. The molecule has 0 bridgehead atoms. The number of aromatic nitrogens is 1. The van der Waals surface area contributed by atoms with Gasteiger partial charge >= 0.3 is 11.4 Å². The number of rotatable bonds is 1. The molecule has 1 aromatic heterocycles. The van der Waals surface area contributed by atoms with Crippen LogP contribution in [0.3, 0.4) is 0 Å². The van der Waals surface area contributed by atoms with Crippen LogP contribution in [0.2, 0.25) is 0 Å². The molecular formula is C16H13NO3. The van der Waals surface area contributed by atoms with E-state index in [1.165, 1.54) is 4.57 Å². The van der Waals surface area contributed by atoms with Crippen LogP contribution in [0.5, 0.6) is 0 Å². The fraction of sp³-hybridized carbons (Fsp3) is 0.125. The number of nitrogens with zero attached hydrogens (tertiary/aromatic N) is 1. The normalized spacial score (nSPS) is 10.9. The Morgan fingerprint density at radius 2 is 1.60 bits per heavy atom. The zero-order chi connectivity index (χ0) is 14.3. The van der Waals surface area contributed by atoms with Crippen LogP contribution in [0.25, 0.3) is 16.6 Å². The van der Waals surface area contributed by atoms with Gasteiger partial charge in [0, 0.05) is 0 Å². The molecule has 4 heteroatoms. The van der Waals surface area contributed by atoms with Crippen molar-refractivity contribution in [2.24, 2.45) is 0 Å². The molecule has 0 aliphatic rings. The summed E-state index contributed by atoms with van der Waals surface area (Å²) in [5.41, 5.74) is 2.74. The lowest BCUT2D eigenvalue weighted by Crippen LogP contribution is -2.23. The van der Waals surface area contributed by atoms with Crippen LogP contribution in [0.15, 0.2) is 56.5 Å². The summed E-state index contributed by atoms with van der Waals surface area (Å²) in [6.07, 6.45) is 0. The summed E-state index contributed by atoms with van der Waals surface area (Å²) in [7, 11) is 0. The fourth-order valence-electron chi connectivity index (χ4n) is 2.44. The quantitative estimate of drug-likeness (QED) is 0.681. The van der Waals surface area contributed by atoms with Gasteiger partial charge in [0.1, 0.15) is 0 Å². The number of hydrogen-bond acceptors (Lipinski definition) is 3. The van der Waals surface area contributed by atoms with Gasteiger partial charge in [0.15, 0.2) is 0 Å². The van der Waals surface area contributed by atoms with Crippen molar-refractivity contribution in [3.63, 3.8) is 0 Å². The van der Waals surface area contributed by atoms with E-state index < -0.39 is 11.4 Å². The molecule has 2 aromatic carbocycles. The maximum Gasteiger partial charge on any atom is 0.426 e. The van der Waals surface area contributed by atoms with Crippen molar-refractivity contribution in [1.82, 2.24) is 4.57 Å². The Kier molecular flexibility index (Phi) is 2.79. The van der Waals surface area contributed by atoms with Crippen molar-refractivity contribution >= 4 is 10.9 Å². The second kappa shape index (κ2) is 4.49. The lowest BCUT2D eigenvalue weighted by Gasteiger charge is -2.10. The van der Waals surface area contributed by atoms with Gasteiger partial charge in [-0.05, 0) is 49.2 Å². The van der Waals surface area contributed by atoms with Gasteiger partial charge in [-0.15, -0.1) is 0 Å². The Morgan fingerprint density at radius 1 is 0.950 bits per heavy atom. The van der Waals surface area contributed by atoms with Crippen LogP contribution >= 0.6 is 0 Å². The highest BCUT2D eigenvalue weighted by Gasteiger charge is 2.11. The van der Waals surface area contributed by atoms with Crippen molar-refractivity contribution in [3.8, 4) is 5.69 Å². The average molecular weight is 267 g/mol. The minimum Gasteiger partial charge on any atom is -0.372 e. The molecule has 0 aliphatic heterocycles. The summed E-state index contributed by atoms with van der Waals surface area (Å²) in [4.78, 5) is 23.8. The third-order valence-electron chi connectivity index (χ3n) is 3.19.